The molecule has 1 N–H and O–H groups in total. The molecule has 2 rings (SSSR count). The van der Waals surface area contributed by atoms with Gasteiger partial charge in [0.25, 0.3) is 5.91 Å². The van der Waals surface area contributed by atoms with E-state index in [-0.39, 0.29) is 5.91 Å². The van der Waals surface area contributed by atoms with Crippen molar-refractivity contribution in [2.75, 3.05) is 12.4 Å². The molecule has 1 amide bonds. The Morgan fingerprint density at radius 1 is 1.05 bits per heavy atom. The smallest absolute Gasteiger partial charge is 0.259 e. The predicted molar refractivity (Wildman–Crippen MR) is 81.5 cm³/mol. The van der Waals surface area contributed by atoms with Crippen molar-refractivity contribution in [3.05, 3.63) is 59.7 Å². The van der Waals surface area contributed by atoms with Gasteiger partial charge in [0.2, 0.25) is 0 Å². The summed E-state index contributed by atoms with van der Waals surface area (Å²) in [5.74, 6) is 0.887. The highest BCUT2D eigenvalue weighted by Gasteiger charge is 2.11. The van der Waals surface area contributed by atoms with Crippen molar-refractivity contribution in [3.8, 4) is 5.75 Å². The first-order chi connectivity index (χ1) is 9.61. The van der Waals surface area contributed by atoms with Crippen molar-refractivity contribution in [2.45, 2.75) is 19.8 Å². The van der Waals surface area contributed by atoms with Crippen LogP contribution in [0.2, 0.25) is 0 Å². The lowest BCUT2D eigenvalue weighted by atomic mass is 10.0. The van der Waals surface area contributed by atoms with Gasteiger partial charge in [-0.25, -0.2) is 0 Å². The van der Waals surface area contributed by atoms with Crippen LogP contribution >= 0.6 is 0 Å². The summed E-state index contributed by atoms with van der Waals surface area (Å²) < 4.78 is 5.19. The molecule has 0 atom stereocenters. The van der Waals surface area contributed by atoms with Gasteiger partial charge < -0.3 is 10.1 Å². The molecule has 0 bridgehead atoms. The number of rotatable bonds is 4. The van der Waals surface area contributed by atoms with Gasteiger partial charge in [0.15, 0.2) is 0 Å². The summed E-state index contributed by atoms with van der Waals surface area (Å²) in [6, 6.07) is 15.1. The van der Waals surface area contributed by atoms with Crippen molar-refractivity contribution in [2.24, 2.45) is 0 Å². The van der Waals surface area contributed by atoms with Crippen LogP contribution in [0.3, 0.4) is 0 Å². The first kappa shape index (κ1) is 14.1. The fourth-order valence-corrected chi connectivity index (χ4v) is 1.98. The Hall–Kier alpha value is -2.29. The maximum Gasteiger partial charge on any atom is 0.259 e. The number of carbonyl (C=O) groups is 1. The highest BCUT2D eigenvalue weighted by Crippen LogP contribution is 2.21. The molecule has 0 saturated carbocycles. The third kappa shape index (κ3) is 3.18. The molecule has 104 valence electrons. The summed E-state index contributed by atoms with van der Waals surface area (Å²) >= 11 is 0. The van der Waals surface area contributed by atoms with Gasteiger partial charge in [0, 0.05) is 5.69 Å². The second-order valence-electron chi connectivity index (χ2n) is 4.93. The first-order valence-electron chi connectivity index (χ1n) is 6.66. The Bertz CT molecular complexity index is 588. The van der Waals surface area contributed by atoms with Crippen molar-refractivity contribution in [3.63, 3.8) is 0 Å². The highest BCUT2D eigenvalue weighted by molar-refractivity contribution is 6.06. The van der Waals surface area contributed by atoms with Gasteiger partial charge in [-0.3, -0.25) is 4.79 Å². The third-order valence-corrected chi connectivity index (χ3v) is 3.19. The van der Waals surface area contributed by atoms with Gasteiger partial charge in [-0.15, -0.1) is 0 Å². The Balaban J connectivity index is 2.15. The van der Waals surface area contributed by atoms with Gasteiger partial charge in [-0.1, -0.05) is 38.1 Å². The number of hydrogen-bond acceptors (Lipinski definition) is 2. The topological polar surface area (TPSA) is 38.3 Å². The molecule has 0 aromatic heterocycles. The summed E-state index contributed by atoms with van der Waals surface area (Å²) in [4.78, 5) is 12.2. The summed E-state index contributed by atoms with van der Waals surface area (Å²) in [5.41, 5.74) is 2.56. The molecule has 0 fully saturated rings. The number of carbonyl (C=O) groups excluding carboxylic acids is 1. The molecule has 0 aliphatic heterocycles. The number of nitrogens with one attached hydrogen (secondary N) is 1. The molecule has 0 unspecified atom stereocenters. The summed E-state index contributed by atoms with van der Waals surface area (Å²) in [6.07, 6.45) is 0. The number of hydrogen-bond donors (Lipinski definition) is 1. The zero-order valence-electron chi connectivity index (χ0n) is 12.0. The molecule has 0 aliphatic carbocycles. The monoisotopic (exact) mass is 269 g/mol. The highest BCUT2D eigenvalue weighted by atomic mass is 16.5. The van der Waals surface area contributed by atoms with Crippen LogP contribution in [0, 0.1) is 0 Å². The Morgan fingerprint density at radius 2 is 1.70 bits per heavy atom. The van der Waals surface area contributed by atoms with Crippen LogP contribution in [0.1, 0.15) is 35.7 Å². The quantitative estimate of drug-likeness (QED) is 0.908. The van der Waals surface area contributed by atoms with Crippen LogP contribution in [0.4, 0.5) is 5.69 Å². The molecule has 0 radical (unpaired) electrons. The molecule has 0 saturated heterocycles. The number of benzene rings is 2. The Morgan fingerprint density at radius 3 is 2.30 bits per heavy atom. The Labute approximate surface area is 119 Å². The molecule has 2 aromatic rings. The van der Waals surface area contributed by atoms with Crippen molar-refractivity contribution < 1.29 is 9.53 Å². The van der Waals surface area contributed by atoms with Gasteiger partial charge in [0.05, 0.1) is 12.7 Å². The third-order valence-electron chi connectivity index (χ3n) is 3.19. The molecule has 0 aliphatic rings. The lowest BCUT2D eigenvalue weighted by Gasteiger charge is -2.10. The lowest BCUT2D eigenvalue weighted by Crippen LogP contribution is -2.13. The van der Waals surface area contributed by atoms with Crippen molar-refractivity contribution >= 4 is 11.6 Å². The standard InChI is InChI=1S/C17H19NO2/c1-12(2)13-8-10-14(11-9-13)18-17(19)15-6-4-5-7-16(15)20-3/h4-12H,1-3H3,(H,18,19). The molecule has 0 heterocycles. The molecule has 3 heteroatoms. The fourth-order valence-electron chi connectivity index (χ4n) is 1.98. The maximum atomic E-state index is 12.2. The van der Waals surface area contributed by atoms with Gasteiger partial charge in [-0.05, 0) is 35.7 Å². The molecule has 0 spiro atoms. The number of ether oxygens (including phenoxy) is 1. The number of para-hydroxylation sites is 1. The van der Waals surface area contributed by atoms with E-state index >= 15 is 0 Å². The Kier molecular flexibility index (Phi) is 4.41. The van der Waals surface area contributed by atoms with E-state index in [1.807, 2.05) is 36.4 Å². The minimum atomic E-state index is -0.167. The van der Waals surface area contributed by atoms with E-state index < -0.39 is 0 Å². The first-order valence-corrected chi connectivity index (χ1v) is 6.66. The predicted octanol–water partition coefficient (Wildman–Crippen LogP) is 4.07. The zero-order valence-corrected chi connectivity index (χ0v) is 12.0. The van der Waals surface area contributed by atoms with Crippen LogP contribution < -0.4 is 10.1 Å². The second kappa shape index (κ2) is 6.24. The van der Waals surface area contributed by atoms with Gasteiger partial charge >= 0.3 is 0 Å². The van der Waals surface area contributed by atoms with E-state index in [9.17, 15) is 4.79 Å². The van der Waals surface area contributed by atoms with E-state index in [1.54, 1.807) is 19.2 Å². The largest absolute Gasteiger partial charge is 0.496 e. The second-order valence-corrected chi connectivity index (χ2v) is 4.93. The van der Waals surface area contributed by atoms with Crippen LogP contribution in [-0.2, 0) is 0 Å². The summed E-state index contributed by atoms with van der Waals surface area (Å²) in [6.45, 7) is 4.28. The van der Waals surface area contributed by atoms with Crippen LogP contribution in [-0.4, -0.2) is 13.0 Å². The molecule has 20 heavy (non-hydrogen) atoms. The van der Waals surface area contributed by atoms with E-state index in [0.29, 0.717) is 17.2 Å². The number of amides is 1. The number of methoxy groups -OCH3 is 1. The fraction of sp³-hybridized carbons (Fsp3) is 0.235. The van der Waals surface area contributed by atoms with Gasteiger partial charge in [0.1, 0.15) is 5.75 Å². The van der Waals surface area contributed by atoms with Crippen molar-refractivity contribution in [1.29, 1.82) is 0 Å². The zero-order chi connectivity index (χ0) is 14.5. The molecular formula is C17H19NO2. The van der Waals surface area contributed by atoms with Gasteiger partial charge in [-0.2, -0.15) is 0 Å². The summed E-state index contributed by atoms with van der Waals surface area (Å²) in [5, 5.41) is 2.88. The van der Waals surface area contributed by atoms with Crippen molar-refractivity contribution in [1.82, 2.24) is 0 Å². The maximum absolute atomic E-state index is 12.2. The average molecular weight is 269 g/mol. The van der Waals surface area contributed by atoms with E-state index in [2.05, 4.69) is 19.2 Å². The molecule has 2 aromatic carbocycles. The number of anilines is 1. The normalized spacial score (nSPS) is 10.4. The van der Waals surface area contributed by atoms with Crippen LogP contribution in [0.5, 0.6) is 5.75 Å². The summed E-state index contributed by atoms with van der Waals surface area (Å²) in [7, 11) is 1.56. The lowest BCUT2D eigenvalue weighted by molar-refractivity contribution is 0.102. The minimum absolute atomic E-state index is 0.167. The molecule has 3 nitrogen and oxygen atoms in total. The van der Waals surface area contributed by atoms with Crippen LogP contribution in [0.25, 0.3) is 0 Å². The van der Waals surface area contributed by atoms with E-state index in [0.717, 1.165) is 5.69 Å². The molecular weight excluding hydrogens is 250 g/mol. The van der Waals surface area contributed by atoms with E-state index in [1.165, 1.54) is 5.56 Å². The van der Waals surface area contributed by atoms with Crippen LogP contribution in [0.15, 0.2) is 48.5 Å². The average Bonchev–Trinajstić information content (AvgIpc) is 2.47. The van der Waals surface area contributed by atoms with E-state index in [4.69, 9.17) is 4.74 Å². The minimum Gasteiger partial charge on any atom is -0.496 e. The SMILES string of the molecule is COc1ccccc1C(=O)Nc1ccc(C(C)C)cc1.